The molecule has 4 heteroatoms. The van der Waals surface area contributed by atoms with Gasteiger partial charge in [0.05, 0.1) is 5.69 Å². The maximum Gasteiger partial charge on any atom is 0.0767 e. The quantitative estimate of drug-likeness (QED) is 0.827. The SMILES string of the molecule is CC(C)n1nc2c(c1CCN)CSC2. The highest BCUT2D eigenvalue weighted by atomic mass is 32.2. The van der Waals surface area contributed by atoms with Gasteiger partial charge in [0.15, 0.2) is 0 Å². The van der Waals surface area contributed by atoms with E-state index in [-0.39, 0.29) is 0 Å². The van der Waals surface area contributed by atoms with Crippen molar-refractivity contribution >= 4 is 11.8 Å². The molecule has 0 radical (unpaired) electrons. The monoisotopic (exact) mass is 211 g/mol. The molecule has 1 aromatic rings. The number of fused-ring (bicyclic) bond motifs is 1. The minimum atomic E-state index is 0.451. The second kappa shape index (κ2) is 3.95. The van der Waals surface area contributed by atoms with E-state index in [1.54, 1.807) is 0 Å². The van der Waals surface area contributed by atoms with Gasteiger partial charge in [-0.3, -0.25) is 4.68 Å². The maximum absolute atomic E-state index is 5.63. The third-order valence-corrected chi connectivity index (χ3v) is 3.53. The number of hydrogen-bond acceptors (Lipinski definition) is 3. The fraction of sp³-hybridized carbons (Fsp3) is 0.700. The van der Waals surface area contributed by atoms with Gasteiger partial charge in [-0.1, -0.05) is 0 Å². The number of nitrogens with two attached hydrogens (primary N) is 1. The molecule has 0 aromatic carbocycles. The molecule has 14 heavy (non-hydrogen) atoms. The number of hydrogen-bond donors (Lipinski definition) is 1. The lowest BCUT2D eigenvalue weighted by molar-refractivity contribution is 0.505. The van der Waals surface area contributed by atoms with E-state index in [0.717, 1.165) is 24.5 Å². The van der Waals surface area contributed by atoms with E-state index in [4.69, 9.17) is 5.73 Å². The molecule has 1 aliphatic heterocycles. The Bertz CT molecular complexity index is 330. The Hall–Kier alpha value is -0.480. The first-order valence-electron chi connectivity index (χ1n) is 5.11. The molecule has 3 nitrogen and oxygen atoms in total. The van der Waals surface area contributed by atoms with Gasteiger partial charge < -0.3 is 5.73 Å². The van der Waals surface area contributed by atoms with Gasteiger partial charge >= 0.3 is 0 Å². The zero-order valence-corrected chi connectivity index (χ0v) is 9.60. The van der Waals surface area contributed by atoms with Gasteiger partial charge in [0.25, 0.3) is 0 Å². The third-order valence-electron chi connectivity index (χ3n) is 2.56. The average Bonchev–Trinajstić information content (AvgIpc) is 2.67. The Morgan fingerprint density at radius 1 is 1.50 bits per heavy atom. The van der Waals surface area contributed by atoms with E-state index >= 15 is 0 Å². The highest BCUT2D eigenvalue weighted by molar-refractivity contribution is 7.98. The Morgan fingerprint density at radius 3 is 2.93 bits per heavy atom. The smallest absolute Gasteiger partial charge is 0.0767 e. The third kappa shape index (κ3) is 1.57. The van der Waals surface area contributed by atoms with Gasteiger partial charge in [-0.2, -0.15) is 16.9 Å². The van der Waals surface area contributed by atoms with Gasteiger partial charge in [0.2, 0.25) is 0 Å². The van der Waals surface area contributed by atoms with Crippen molar-refractivity contribution < 1.29 is 0 Å². The maximum atomic E-state index is 5.63. The molecule has 2 rings (SSSR count). The summed E-state index contributed by atoms with van der Waals surface area (Å²) in [6.07, 6.45) is 0.959. The molecule has 1 aliphatic rings. The molecule has 0 bridgehead atoms. The van der Waals surface area contributed by atoms with Gasteiger partial charge in [-0.05, 0) is 20.4 Å². The summed E-state index contributed by atoms with van der Waals surface area (Å²) in [5.41, 5.74) is 9.74. The highest BCUT2D eigenvalue weighted by Gasteiger charge is 2.22. The van der Waals surface area contributed by atoms with Gasteiger partial charge in [-0.15, -0.1) is 0 Å². The zero-order chi connectivity index (χ0) is 10.1. The van der Waals surface area contributed by atoms with Crippen molar-refractivity contribution in [2.24, 2.45) is 5.73 Å². The lowest BCUT2D eigenvalue weighted by Gasteiger charge is -2.11. The molecule has 2 heterocycles. The summed E-state index contributed by atoms with van der Waals surface area (Å²) in [7, 11) is 0. The Balaban J connectivity index is 2.40. The van der Waals surface area contributed by atoms with Crippen LogP contribution in [0.25, 0.3) is 0 Å². The van der Waals surface area contributed by atoms with Gasteiger partial charge in [0.1, 0.15) is 0 Å². The predicted molar refractivity (Wildman–Crippen MR) is 60.4 cm³/mol. The molecular formula is C10H17N3S. The van der Waals surface area contributed by atoms with Gasteiger partial charge in [0, 0.05) is 35.2 Å². The van der Waals surface area contributed by atoms with Crippen LogP contribution in [-0.4, -0.2) is 16.3 Å². The fourth-order valence-corrected chi connectivity index (χ4v) is 2.98. The van der Waals surface area contributed by atoms with Crippen LogP contribution in [0.15, 0.2) is 0 Å². The molecule has 0 atom stereocenters. The highest BCUT2D eigenvalue weighted by Crippen LogP contribution is 2.32. The van der Waals surface area contributed by atoms with Crippen LogP contribution < -0.4 is 5.73 Å². The normalized spacial score (nSPS) is 15.1. The van der Waals surface area contributed by atoms with Crippen molar-refractivity contribution in [3.63, 3.8) is 0 Å². The number of nitrogens with zero attached hydrogens (tertiary/aromatic N) is 2. The van der Waals surface area contributed by atoms with Gasteiger partial charge in [-0.25, -0.2) is 0 Å². The van der Waals surface area contributed by atoms with Crippen LogP contribution in [0.3, 0.4) is 0 Å². The minimum absolute atomic E-state index is 0.451. The fourth-order valence-electron chi connectivity index (χ4n) is 1.92. The topological polar surface area (TPSA) is 43.8 Å². The largest absolute Gasteiger partial charge is 0.330 e. The van der Waals surface area contributed by atoms with Crippen LogP contribution >= 0.6 is 11.8 Å². The summed E-state index contributed by atoms with van der Waals surface area (Å²) in [6.45, 7) is 5.07. The molecule has 0 unspecified atom stereocenters. The molecule has 0 aliphatic carbocycles. The van der Waals surface area contributed by atoms with Crippen molar-refractivity contribution in [2.75, 3.05) is 6.54 Å². The summed E-state index contributed by atoms with van der Waals surface area (Å²) >= 11 is 1.95. The molecule has 0 fully saturated rings. The molecule has 1 aromatic heterocycles. The predicted octanol–water partition coefficient (Wildman–Crippen LogP) is 1.71. The summed E-state index contributed by atoms with van der Waals surface area (Å²) in [6, 6.07) is 0.451. The number of rotatable bonds is 3. The van der Waals surface area contributed by atoms with Crippen LogP contribution in [0.2, 0.25) is 0 Å². The first-order valence-corrected chi connectivity index (χ1v) is 6.26. The lowest BCUT2D eigenvalue weighted by atomic mass is 10.1. The van der Waals surface area contributed by atoms with Crippen molar-refractivity contribution in [3.05, 3.63) is 17.0 Å². The molecular weight excluding hydrogens is 194 g/mol. The first-order chi connectivity index (χ1) is 6.74. The first kappa shape index (κ1) is 10.1. The van der Waals surface area contributed by atoms with Crippen LogP contribution in [0, 0.1) is 0 Å². The Labute approximate surface area is 89.1 Å². The van der Waals surface area contributed by atoms with Crippen molar-refractivity contribution in [3.8, 4) is 0 Å². The van der Waals surface area contributed by atoms with E-state index in [1.165, 1.54) is 17.0 Å². The Morgan fingerprint density at radius 2 is 2.29 bits per heavy atom. The van der Waals surface area contributed by atoms with E-state index < -0.39 is 0 Å². The van der Waals surface area contributed by atoms with E-state index in [9.17, 15) is 0 Å². The van der Waals surface area contributed by atoms with Crippen molar-refractivity contribution in [1.29, 1.82) is 0 Å². The number of thioether (sulfide) groups is 1. The number of aromatic nitrogens is 2. The second-order valence-electron chi connectivity index (χ2n) is 3.94. The summed E-state index contributed by atoms with van der Waals surface area (Å²) < 4.78 is 2.15. The molecule has 0 saturated carbocycles. The summed E-state index contributed by atoms with van der Waals surface area (Å²) in [4.78, 5) is 0. The van der Waals surface area contributed by atoms with Crippen LogP contribution in [-0.2, 0) is 17.9 Å². The van der Waals surface area contributed by atoms with E-state index in [1.807, 2.05) is 11.8 Å². The summed E-state index contributed by atoms with van der Waals surface area (Å²) in [5.74, 6) is 2.20. The van der Waals surface area contributed by atoms with Crippen molar-refractivity contribution in [2.45, 2.75) is 37.8 Å². The molecule has 0 saturated heterocycles. The minimum Gasteiger partial charge on any atom is -0.330 e. The molecule has 0 spiro atoms. The van der Waals surface area contributed by atoms with Crippen LogP contribution in [0.4, 0.5) is 0 Å². The Kier molecular flexibility index (Phi) is 2.83. The van der Waals surface area contributed by atoms with Crippen LogP contribution in [0.5, 0.6) is 0 Å². The lowest BCUT2D eigenvalue weighted by Crippen LogP contribution is -2.13. The zero-order valence-electron chi connectivity index (χ0n) is 8.79. The summed E-state index contributed by atoms with van der Waals surface area (Å²) in [5, 5.41) is 4.65. The van der Waals surface area contributed by atoms with Crippen LogP contribution in [0.1, 0.15) is 36.8 Å². The standard InChI is InChI=1S/C10H17N3S/c1-7(2)13-10(3-4-11)8-5-14-6-9(8)12-13/h7H,3-6,11H2,1-2H3. The molecule has 2 N–H and O–H groups in total. The van der Waals surface area contributed by atoms with E-state index in [0.29, 0.717) is 6.04 Å². The molecule has 78 valence electrons. The second-order valence-corrected chi connectivity index (χ2v) is 4.93. The van der Waals surface area contributed by atoms with E-state index in [2.05, 4.69) is 23.6 Å². The average molecular weight is 211 g/mol. The molecule has 0 amide bonds. The van der Waals surface area contributed by atoms with Crippen molar-refractivity contribution in [1.82, 2.24) is 9.78 Å².